The van der Waals surface area contributed by atoms with Crippen molar-refractivity contribution in [2.24, 2.45) is 0 Å². The zero-order valence-electron chi connectivity index (χ0n) is 20.2. The van der Waals surface area contributed by atoms with E-state index in [0.717, 1.165) is 13.3 Å². The van der Waals surface area contributed by atoms with Gasteiger partial charge in [0.1, 0.15) is 48.4 Å². The number of anilines is 1. The maximum Gasteiger partial charge on any atom is 0.340 e. The van der Waals surface area contributed by atoms with Gasteiger partial charge in [0, 0.05) is 6.92 Å². The molecule has 218 valence electrons. The van der Waals surface area contributed by atoms with Gasteiger partial charge in [-0.1, -0.05) is 0 Å². The molecule has 2 saturated heterocycles. The number of nitrogens with two attached hydrogens (primary N) is 1. The van der Waals surface area contributed by atoms with Crippen molar-refractivity contribution in [3.05, 3.63) is 12.7 Å². The Morgan fingerprint density at radius 2 is 1.64 bits per heavy atom. The number of carbonyl (C=O) groups is 1. The van der Waals surface area contributed by atoms with Crippen molar-refractivity contribution in [2.45, 2.75) is 56.0 Å². The summed E-state index contributed by atoms with van der Waals surface area (Å²) < 4.78 is 46.4. The third kappa shape index (κ3) is 6.62. The number of aliphatic hydroxyl groups is 4. The number of fused-ring (bicyclic) bond motifs is 1. The number of hydrogen-bond acceptors (Lipinski definition) is 15. The Labute approximate surface area is 219 Å². The third-order valence-corrected chi connectivity index (χ3v) is 9.94. The van der Waals surface area contributed by atoms with Gasteiger partial charge >= 0.3 is 15.2 Å². The summed E-state index contributed by atoms with van der Waals surface area (Å²) in [7, 11) is -9.66. The predicted octanol–water partition coefficient (Wildman–Crippen LogP) is -3.03. The maximum atomic E-state index is 12.5. The van der Waals surface area contributed by atoms with Crippen LogP contribution < -0.4 is 11.1 Å². The summed E-state index contributed by atoms with van der Waals surface area (Å²) in [6.45, 7) is -0.389. The van der Waals surface area contributed by atoms with Gasteiger partial charge in [-0.15, -0.1) is 0 Å². The van der Waals surface area contributed by atoms with Crippen LogP contribution >= 0.6 is 15.2 Å². The molecule has 2 aliphatic heterocycles. The summed E-state index contributed by atoms with van der Waals surface area (Å²) >= 11 is 0. The van der Waals surface area contributed by atoms with Crippen LogP contribution in [0, 0.1) is 0 Å². The second-order valence-corrected chi connectivity index (χ2v) is 13.1. The summed E-state index contributed by atoms with van der Waals surface area (Å²) in [6, 6.07) is -1.22. The molecule has 9 N–H and O–H groups in total. The van der Waals surface area contributed by atoms with Crippen LogP contribution in [0.3, 0.4) is 0 Å². The van der Waals surface area contributed by atoms with Gasteiger partial charge in [-0.2, -0.15) is 0 Å². The van der Waals surface area contributed by atoms with Gasteiger partial charge in [0.2, 0.25) is 5.91 Å². The molecule has 2 fully saturated rings. The van der Waals surface area contributed by atoms with Crippen LogP contribution in [-0.4, -0.2) is 118 Å². The van der Waals surface area contributed by atoms with Gasteiger partial charge < -0.3 is 59.8 Å². The van der Waals surface area contributed by atoms with Crippen LogP contribution in [0.15, 0.2) is 12.7 Å². The number of rotatable bonds is 10. The second-order valence-electron chi connectivity index (χ2n) is 8.92. The number of carbonyl (C=O) groups excluding carboxylic acids is 1. The van der Waals surface area contributed by atoms with Crippen LogP contribution in [0.25, 0.3) is 11.2 Å². The number of nitrogens with one attached hydrogen (secondary N) is 1. The number of hydrogen-bond donors (Lipinski definition) is 8. The summed E-state index contributed by atoms with van der Waals surface area (Å²) in [5.41, 5.74) is 6.15. The minimum absolute atomic E-state index is 0.0706. The first-order valence-corrected chi connectivity index (χ1v) is 14.9. The van der Waals surface area contributed by atoms with Crippen molar-refractivity contribution in [1.82, 2.24) is 24.8 Å². The Hall–Kier alpha value is -2.12. The van der Waals surface area contributed by atoms with Gasteiger partial charge in [0.25, 0.3) is 0 Å². The van der Waals surface area contributed by atoms with Gasteiger partial charge in [0.15, 0.2) is 29.9 Å². The quantitative estimate of drug-likeness (QED) is 0.126. The molecule has 0 radical (unpaired) electrons. The summed E-state index contributed by atoms with van der Waals surface area (Å²) in [6.07, 6.45) is -7.74. The largest absolute Gasteiger partial charge is 0.388 e. The monoisotopic (exact) mass is 598 g/mol. The first kappa shape index (κ1) is 29.9. The molecule has 4 heterocycles. The molecule has 10 atom stereocenters. The lowest BCUT2D eigenvalue weighted by molar-refractivity contribution is -0.126. The Morgan fingerprint density at radius 3 is 2.26 bits per heavy atom. The highest BCUT2D eigenvalue weighted by molar-refractivity contribution is 7.70. The van der Waals surface area contributed by atoms with E-state index in [-0.39, 0.29) is 17.0 Å². The number of nitrogen functional groups attached to an aromatic ring is 1. The Kier molecular flexibility index (Phi) is 8.73. The van der Waals surface area contributed by atoms with Crippen molar-refractivity contribution in [3.8, 4) is 0 Å². The molecule has 2 aromatic heterocycles. The lowest BCUT2D eigenvalue weighted by atomic mass is 10.1. The van der Waals surface area contributed by atoms with Crippen LogP contribution in [0.1, 0.15) is 13.2 Å². The first-order valence-electron chi connectivity index (χ1n) is 11.3. The first-order chi connectivity index (χ1) is 18.2. The topological polar surface area (TPSA) is 291 Å². The SMILES string of the molecule is CC(=O)N[C@H]1C(O)[C@@H](COP(=O)(O)CP(=O)(O)OC[C@H]2O[C@@H](n3cnc4c(N)ncnc43)C(O)C2O)O[C@H]1O. The van der Waals surface area contributed by atoms with Gasteiger partial charge in [-0.3, -0.25) is 18.5 Å². The number of ether oxygens (including phenoxy) is 2. The average Bonchev–Trinajstić information content (AvgIpc) is 3.47. The van der Waals surface area contributed by atoms with E-state index in [0.29, 0.717) is 0 Å². The van der Waals surface area contributed by atoms with E-state index in [1.54, 1.807) is 0 Å². The standard InChI is InChI=1S/C18H28N6O13P2/c1-7(25)23-10-12(26)8(37-18(10)29)2-34-38(30,31)6-39(32,33)35-3-9-13(27)14(28)17(36-9)24-5-22-11-15(19)20-4-21-16(11)24/h4-5,8-10,12-14,17-18,26-29H,2-3,6H2,1H3,(H,23,25)(H,30,31)(H,32,33)(H2,19,20,21)/t8-,9-,10+,12?,13?,14?,17-,18-/m1/s1. The van der Waals surface area contributed by atoms with E-state index >= 15 is 0 Å². The molecule has 21 heteroatoms. The fourth-order valence-corrected chi connectivity index (χ4v) is 7.33. The summed E-state index contributed by atoms with van der Waals surface area (Å²) in [4.78, 5) is 43.2. The molecule has 4 rings (SSSR count). The zero-order chi connectivity index (χ0) is 28.7. The molecule has 19 nitrogen and oxygen atoms in total. The van der Waals surface area contributed by atoms with Gasteiger partial charge in [0.05, 0.1) is 19.5 Å². The Bertz CT molecular complexity index is 1300. The third-order valence-electron chi connectivity index (χ3n) is 5.98. The van der Waals surface area contributed by atoms with Crippen molar-refractivity contribution < 1.29 is 62.7 Å². The highest BCUT2D eigenvalue weighted by Gasteiger charge is 2.47. The smallest absolute Gasteiger partial charge is 0.340 e. The van der Waals surface area contributed by atoms with E-state index < -0.39 is 89.3 Å². The van der Waals surface area contributed by atoms with Crippen LogP contribution in [0.4, 0.5) is 5.82 Å². The molecular weight excluding hydrogens is 570 g/mol. The van der Waals surface area contributed by atoms with Crippen molar-refractivity contribution in [3.63, 3.8) is 0 Å². The molecule has 1 amide bonds. The second kappa shape index (κ2) is 11.4. The predicted molar refractivity (Wildman–Crippen MR) is 127 cm³/mol. The molecule has 2 aromatic rings. The highest BCUT2D eigenvalue weighted by Crippen LogP contribution is 2.58. The molecule has 0 saturated carbocycles. The minimum atomic E-state index is -4.83. The molecule has 0 aliphatic carbocycles. The molecule has 0 spiro atoms. The average molecular weight is 598 g/mol. The zero-order valence-corrected chi connectivity index (χ0v) is 22.0. The number of nitrogens with zero attached hydrogens (tertiary/aromatic N) is 4. The highest BCUT2D eigenvalue weighted by atomic mass is 31.2. The molecule has 5 unspecified atom stereocenters. The maximum absolute atomic E-state index is 12.5. The lowest BCUT2D eigenvalue weighted by Crippen LogP contribution is -2.47. The van der Waals surface area contributed by atoms with Crippen molar-refractivity contribution in [2.75, 3.05) is 24.9 Å². The van der Waals surface area contributed by atoms with E-state index in [1.807, 2.05) is 0 Å². The molecule has 39 heavy (non-hydrogen) atoms. The number of amides is 1. The van der Waals surface area contributed by atoms with Crippen molar-refractivity contribution in [1.29, 1.82) is 0 Å². The van der Waals surface area contributed by atoms with Crippen LogP contribution in [0.2, 0.25) is 0 Å². The molecular formula is C18H28N6O13P2. The molecule has 2 aliphatic rings. The Balaban J connectivity index is 1.32. The summed E-state index contributed by atoms with van der Waals surface area (Å²) in [5, 5.41) is 43.0. The number of aromatic nitrogens is 4. The van der Waals surface area contributed by atoms with E-state index in [9.17, 15) is 44.1 Å². The minimum Gasteiger partial charge on any atom is -0.388 e. The van der Waals surface area contributed by atoms with Gasteiger partial charge in [-0.05, 0) is 0 Å². The van der Waals surface area contributed by atoms with Crippen molar-refractivity contribution >= 4 is 38.1 Å². The number of aliphatic hydroxyl groups excluding tert-OH is 4. The van der Waals surface area contributed by atoms with Gasteiger partial charge in [-0.25, -0.2) is 15.0 Å². The fraction of sp³-hybridized carbons (Fsp3) is 0.667. The molecule has 0 bridgehead atoms. The van der Waals surface area contributed by atoms with E-state index in [2.05, 4.69) is 20.3 Å². The normalized spacial score (nSPS) is 34.1. The van der Waals surface area contributed by atoms with Crippen LogP contribution in [-0.2, 0) is 32.4 Å². The summed E-state index contributed by atoms with van der Waals surface area (Å²) in [5.74, 6) is -1.87. The Morgan fingerprint density at radius 1 is 1.03 bits per heavy atom. The lowest BCUT2D eigenvalue weighted by Gasteiger charge is -2.21. The fourth-order valence-electron chi connectivity index (χ4n) is 4.11. The molecule has 0 aromatic carbocycles. The van der Waals surface area contributed by atoms with E-state index in [4.69, 9.17) is 24.3 Å². The van der Waals surface area contributed by atoms with Crippen LogP contribution in [0.5, 0.6) is 0 Å². The number of imidazole rings is 1. The van der Waals surface area contributed by atoms with E-state index in [1.165, 1.54) is 10.9 Å².